The Balaban J connectivity index is 1.55. The lowest BCUT2D eigenvalue weighted by molar-refractivity contribution is -0.136. The minimum Gasteiger partial charge on any atom is -0.465 e. The molecule has 1 N–H and O–H groups in total. The predicted molar refractivity (Wildman–Crippen MR) is 164 cm³/mol. The van der Waals surface area contributed by atoms with Crippen molar-refractivity contribution >= 4 is 40.3 Å². The molecule has 10 heteroatoms. The molecule has 0 radical (unpaired) electrons. The van der Waals surface area contributed by atoms with E-state index in [1.54, 1.807) is 12.1 Å². The molecule has 220 valence electrons. The Morgan fingerprint density at radius 2 is 1.67 bits per heavy atom. The Hall–Kier alpha value is -5.25. The van der Waals surface area contributed by atoms with Crippen LogP contribution >= 0.6 is 0 Å². The molecule has 2 aromatic rings. The summed E-state index contributed by atoms with van der Waals surface area (Å²) < 4.78 is 13.5. The van der Waals surface area contributed by atoms with Gasteiger partial charge < -0.3 is 19.4 Å². The lowest BCUT2D eigenvalue weighted by Gasteiger charge is -2.19. The van der Waals surface area contributed by atoms with Gasteiger partial charge in [-0.3, -0.25) is 19.3 Å². The smallest absolute Gasteiger partial charge is 0.338 e. The molecule has 0 spiro atoms. The molecule has 0 bridgehead atoms. The number of hydrogen-bond donors (Lipinski definition) is 1. The molecule has 2 aliphatic heterocycles. The second-order valence-electron chi connectivity index (χ2n) is 10.6. The highest BCUT2D eigenvalue weighted by Crippen LogP contribution is 2.42. The summed E-state index contributed by atoms with van der Waals surface area (Å²) in [4.78, 5) is 52.8. The number of carbonyl (C=O) groups is 4. The second-order valence-corrected chi connectivity index (χ2v) is 10.6. The van der Waals surface area contributed by atoms with Gasteiger partial charge in [0.05, 0.1) is 18.7 Å². The Morgan fingerprint density at radius 3 is 2.35 bits per heavy atom. The SMILES string of the molecule is COC(=O)c1cc(C(=O)NCCCN2C(=O)C=CC2=O)ccc1-c1c2ccc(=[N+](C)C)cc-2oc2cc(N(C)C)ccc12. The number of nitrogens with one attached hydrogen (secondary N) is 1. The summed E-state index contributed by atoms with van der Waals surface area (Å²) in [6.07, 6.45) is 2.85. The number of hydrogen-bond acceptors (Lipinski definition) is 7. The van der Waals surface area contributed by atoms with E-state index in [1.807, 2.05) is 74.1 Å². The Bertz CT molecular complexity index is 1830. The van der Waals surface area contributed by atoms with Gasteiger partial charge in [0.2, 0.25) is 5.36 Å². The zero-order valence-corrected chi connectivity index (χ0v) is 24.8. The summed E-state index contributed by atoms with van der Waals surface area (Å²) in [5, 5.41) is 4.57. The Morgan fingerprint density at radius 1 is 0.953 bits per heavy atom. The van der Waals surface area contributed by atoms with E-state index in [1.165, 1.54) is 25.3 Å². The van der Waals surface area contributed by atoms with Crippen LogP contribution in [0.4, 0.5) is 5.69 Å². The number of amides is 3. The summed E-state index contributed by atoms with van der Waals surface area (Å²) in [6, 6.07) is 16.8. The van der Waals surface area contributed by atoms with Crippen molar-refractivity contribution in [2.45, 2.75) is 6.42 Å². The van der Waals surface area contributed by atoms with Crippen molar-refractivity contribution < 1.29 is 28.3 Å². The van der Waals surface area contributed by atoms with Crippen molar-refractivity contribution in [2.24, 2.45) is 0 Å². The minimum atomic E-state index is -0.583. The van der Waals surface area contributed by atoms with Gasteiger partial charge in [0.25, 0.3) is 17.7 Å². The number of methoxy groups -OCH3 is 1. The average molecular weight is 582 g/mol. The van der Waals surface area contributed by atoms with E-state index in [-0.39, 0.29) is 36.0 Å². The molecule has 2 heterocycles. The lowest BCUT2D eigenvalue weighted by atomic mass is 9.89. The number of nitrogens with zero attached hydrogens (tertiary/aromatic N) is 3. The fourth-order valence-electron chi connectivity index (χ4n) is 5.09. The van der Waals surface area contributed by atoms with E-state index in [0.29, 0.717) is 23.3 Å². The maximum atomic E-state index is 13.1. The van der Waals surface area contributed by atoms with Gasteiger partial charge in [-0.2, -0.15) is 0 Å². The largest absolute Gasteiger partial charge is 0.465 e. The summed E-state index contributed by atoms with van der Waals surface area (Å²) in [6.45, 7) is 0.435. The van der Waals surface area contributed by atoms with Crippen molar-refractivity contribution in [2.75, 3.05) is 53.3 Å². The highest BCUT2D eigenvalue weighted by Gasteiger charge is 2.25. The van der Waals surface area contributed by atoms with Crippen LogP contribution < -0.4 is 20.1 Å². The topological polar surface area (TPSA) is 112 Å². The first kappa shape index (κ1) is 29.2. The Kier molecular flexibility index (Phi) is 8.11. The van der Waals surface area contributed by atoms with Gasteiger partial charge in [-0.05, 0) is 42.3 Å². The van der Waals surface area contributed by atoms with Gasteiger partial charge in [0.15, 0.2) is 0 Å². The van der Waals surface area contributed by atoms with Gasteiger partial charge in [-0.1, -0.05) is 6.07 Å². The number of rotatable bonds is 8. The molecule has 0 atom stereocenters. The van der Waals surface area contributed by atoms with Crippen molar-refractivity contribution in [1.82, 2.24) is 14.8 Å². The van der Waals surface area contributed by atoms with Crippen LogP contribution in [0, 0.1) is 0 Å². The molecule has 3 aliphatic rings. The maximum absolute atomic E-state index is 13.1. The van der Waals surface area contributed by atoms with Gasteiger partial charge >= 0.3 is 5.97 Å². The van der Waals surface area contributed by atoms with Crippen molar-refractivity contribution in [3.63, 3.8) is 0 Å². The van der Waals surface area contributed by atoms with E-state index < -0.39 is 11.9 Å². The molecule has 3 amide bonds. The van der Waals surface area contributed by atoms with Crippen LogP contribution in [0.25, 0.3) is 33.4 Å². The highest BCUT2D eigenvalue weighted by molar-refractivity contribution is 6.13. The molecule has 5 rings (SSSR count). The van der Waals surface area contributed by atoms with Gasteiger partial charge in [-0.25, -0.2) is 9.37 Å². The number of imide groups is 1. The highest BCUT2D eigenvalue weighted by atomic mass is 16.5. The molecular formula is C33H33N4O6+. The van der Waals surface area contributed by atoms with E-state index in [0.717, 1.165) is 32.5 Å². The number of carbonyl (C=O) groups excluding carboxylic acids is 4. The first-order chi connectivity index (χ1) is 20.6. The second kappa shape index (κ2) is 11.9. The third-order valence-electron chi connectivity index (χ3n) is 7.42. The van der Waals surface area contributed by atoms with Crippen LogP contribution in [0.3, 0.4) is 0 Å². The lowest BCUT2D eigenvalue weighted by Crippen LogP contribution is -2.33. The summed E-state index contributed by atoms with van der Waals surface area (Å²) in [5.74, 6) is -1.05. The van der Waals surface area contributed by atoms with Crippen molar-refractivity contribution in [3.8, 4) is 22.5 Å². The normalized spacial score (nSPS) is 12.7. The van der Waals surface area contributed by atoms with Gasteiger partial charge in [-0.15, -0.1) is 0 Å². The molecule has 0 saturated carbocycles. The van der Waals surface area contributed by atoms with Crippen LogP contribution in [0.1, 0.15) is 27.1 Å². The number of fused-ring (bicyclic) bond motifs is 2. The van der Waals surface area contributed by atoms with Gasteiger partial charge in [0, 0.05) is 79.2 Å². The molecule has 0 unspecified atom stereocenters. The van der Waals surface area contributed by atoms with E-state index >= 15 is 0 Å². The van der Waals surface area contributed by atoms with Crippen LogP contribution in [-0.2, 0) is 14.3 Å². The molecule has 0 aromatic heterocycles. The Labute approximate surface area is 248 Å². The van der Waals surface area contributed by atoms with E-state index in [4.69, 9.17) is 9.15 Å². The molecule has 0 saturated heterocycles. The van der Waals surface area contributed by atoms with E-state index in [2.05, 4.69) is 5.32 Å². The molecule has 2 aromatic carbocycles. The molecule has 10 nitrogen and oxygen atoms in total. The van der Waals surface area contributed by atoms with Crippen LogP contribution in [-0.4, -0.2) is 77.0 Å². The number of esters is 1. The number of anilines is 1. The monoisotopic (exact) mass is 581 g/mol. The standard InChI is InChI=1S/C33H32N4O6/c1-35(2)21-8-11-24-27(18-21)43-28-19-22(36(3)4)9-12-25(28)31(24)23-10-7-20(17-26(23)33(41)42-5)32(40)34-15-6-16-37-29(38)13-14-30(37)39/h7-14,17-19H,6,15-16H2,1-5H3/p+1. The fraction of sp³-hybridized carbons (Fsp3) is 0.242. The molecule has 0 fully saturated rings. The van der Waals surface area contributed by atoms with Crippen LogP contribution in [0.15, 0.2) is 71.2 Å². The first-order valence-electron chi connectivity index (χ1n) is 13.8. The van der Waals surface area contributed by atoms with Crippen LogP contribution in [0.2, 0.25) is 0 Å². The first-order valence-corrected chi connectivity index (χ1v) is 13.8. The zero-order valence-electron chi connectivity index (χ0n) is 24.8. The minimum absolute atomic E-state index is 0.196. The summed E-state index contributed by atoms with van der Waals surface area (Å²) in [7, 11) is 9.12. The molecule has 43 heavy (non-hydrogen) atoms. The number of ether oxygens (including phenoxy) is 1. The summed E-state index contributed by atoms with van der Waals surface area (Å²) in [5.41, 5.74) is 4.30. The zero-order chi connectivity index (χ0) is 30.8. The fourth-order valence-corrected chi connectivity index (χ4v) is 5.09. The third-order valence-corrected chi connectivity index (χ3v) is 7.42. The third kappa shape index (κ3) is 5.76. The van der Waals surface area contributed by atoms with Crippen LogP contribution in [0.5, 0.6) is 0 Å². The number of benzene rings is 3. The van der Waals surface area contributed by atoms with Crippen molar-refractivity contribution in [3.05, 3.63) is 83.2 Å². The maximum Gasteiger partial charge on any atom is 0.338 e. The van der Waals surface area contributed by atoms with Gasteiger partial charge in [0.1, 0.15) is 25.4 Å². The van der Waals surface area contributed by atoms with E-state index in [9.17, 15) is 19.2 Å². The van der Waals surface area contributed by atoms with Crippen molar-refractivity contribution in [1.29, 1.82) is 0 Å². The molecular weight excluding hydrogens is 548 g/mol. The summed E-state index contributed by atoms with van der Waals surface area (Å²) >= 11 is 0. The average Bonchev–Trinajstić information content (AvgIpc) is 3.32. The quantitative estimate of drug-likeness (QED) is 0.112. The molecule has 1 aliphatic carbocycles. The predicted octanol–water partition coefficient (Wildman–Crippen LogP) is 3.13.